The lowest BCUT2D eigenvalue weighted by Crippen LogP contribution is -2.45. The first-order valence-corrected chi connectivity index (χ1v) is 8.53. The van der Waals surface area contributed by atoms with Crippen molar-refractivity contribution in [1.82, 2.24) is 9.13 Å². The average molecular weight is 372 g/mol. The first kappa shape index (κ1) is 19.2. The van der Waals surface area contributed by atoms with Crippen LogP contribution in [0.15, 0.2) is 9.59 Å². The van der Waals surface area contributed by atoms with Crippen LogP contribution in [0, 0.1) is 13.8 Å². The lowest BCUT2D eigenvalue weighted by Gasteiger charge is -2.23. The summed E-state index contributed by atoms with van der Waals surface area (Å²) in [5.41, 5.74) is -0.536. The third-order valence-corrected chi connectivity index (χ3v) is 5.20. The van der Waals surface area contributed by atoms with Crippen molar-refractivity contribution in [2.45, 2.75) is 63.6 Å². The summed E-state index contributed by atoms with van der Waals surface area (Å²) in [7, 11) is 0. The Balaban J connectivity index is 2.07. The molecule has 0 spiro atoms. The molecule has 1 aromatic heterocycles. The molecule has 10 nitrogen and oxygen atoms in total. The molecule has 1 aromatic rings. The smallest absolute Gasteiger partial charge is 0.335 e. The molecule has 0 saturated carbocycles. The van der Waals surface area contributed by atoms with E-state index in [1.165, 1.54) is 4.57 Å². The van der Waals surface area contributed by atoms with Crippen molar-refractivity contribution in [2.24, 2.45) is 0 Å². The van der Waals surface area contributed by atoms with Crippen LogP contribution in [0.4, 0.5) is 0 Å². The van der Waals surface area contributed by atoms with Gasteiger partial charge in [0.05, 0.1) is 25.4 Å². The van der Waals surface area contributed by atoms with Crippen LogP contribution in [-0.2, 0) is 9.47 Å². The molecule has 10 heteroatoms. The van der Waals surface area contributed by atoms with E-state index in [9.17, 15) is 30.0 Å². The first-order valence-electron chi connectivity index (χ1n) is 8.53. The SMILES string of the molecule is Cc1c(C)n([C@H]2C[C@H](O)[C@@H](CO)O2)c(=O)n([C@H]2C[C@H](O)[C@@H](CO)O2)c1=O. The zero-order chi connectivity index (χ0) is 19.2. The van der Waals surface area contributed by atoms with E-state index in [-0.39, 0.29) is 19.4 Å². The highest BCUT2D eigenvalue weighted by molar-refractivity contribution is 5.16. The summed E-state index contributed by atoms with van der Waals surface area (Å²) in [6, 6.07) is 0. The molecule has 6 atom stereocenters. The highest BCUT2D eigenvalue weighted by atomic mass is 16.6. The molecule has 3 rings (SSSR count). The van der Waals surface area contributed by atoms with E-state index in [1.807, 2.05) is 0 Å². The summed E-state index contributed by atoms with van der Waals surface area (Å²) >= 11 is 0. The van der Waals surface area contributed by atoms with Gasteiger partial charge >= 0.3 is 5.69 Å². The molecule has 0 aromatic carbocycles. The number of aliphatic hydroxyl groups is 4. The van der Waals surface area contributed by atoms with E-state index >= 15 is 0 Å². The van der Waals surface area contributed by atoms with Crippen LogP contribution >= 0.6 is 0 Å². The minimum atomic E-state index is -1.01. The summed E-state index contributed by atoms with van der Waals surface area (Å²) in [4.78, 5) is 25.7. The second-order valence-electron chi connectivity index (χ2n) is 6.77. The monoisotopic (exact) mass is 372 g/mol. The van der Waals surface area contributed by atoms with E-state index < -0.39 is 54.7 Å². The van der Waals surface area contributed by atoms with Crippen molar-refractivity contribution in [2.75, 3.05) is 13.2 Å². The second-order valence-corrected chi connectivity index (χ2v) is 6.77. The van der Waals surface area contributed by atoms with Crippen molar-refractivity contribution in [1.29, 1.82) is 0 Å². The van der Waals surface area contributed by atoms with Gasteiger partial charge in [-0.2, -0.15) is 0 Å². The number of hydrogen-bond donors (Lipinski definition) is 4. The standard InChI is InChI=1S/C16H24N2O8/c1-7-8(2)17(13-3-9(21)11(5-19)25-13)16(24)18(15(7)23)14-4-10(22)12(6-20)26-14/h9-14,19-22H,3-6H2,1-2H3/t9-,10-,11+,12+,13+,14+/m0/s1. The normalized spacial score (nSPS) is 34.5. The number of aliphatic hydroxyl groups excluding tert-OH is 4. The third-order valence-electron chi connectivity index (χ3n) is 5.20. The molecular weight excluding hydrogens is 348 g/mol. The molecule has 26 heavy (non-hydrogen) atoms. The predicted molar refractivity (Wildman–Crippen MR) is 87.7 cm³/mol. The third kappa shape index (κ3) is 3.02. The summed E-state index contributed by atoms with van der Waals surface area (Å²) in [6.07, 6.45) is -5.35. The lowest BCUT2D eigenvalue weighted by atomic mass is 10.1. The number of hydrogen-bond acceptors (Lipinski definition) is 8. The maximum Gasteiger partial charge on any atom is 0.335 e. The van der Waals surface area contributed by atoms with Crippen LogP contribution in [0.5, 0.6) is 0 Å². The van der Waals surface area contributed by atoms with Gasteiger partial charge in [-0.15, -0.1) is 0 Å². The van der Waals surface area contributed by atoms with Gasteiger partial charge in [-0.1, -0.05) is 0 Å². The summed E-state index contributed by atoms with van der Waals surface area (Å²) in [5, 5.41) is 38.3. The van der Waals surface area contributed by atoms with E-state index in [0.29, 0.717) is 11.3 Å². The number of nitrogens with zero attached hydrogens (tertiary/aromatic N) is 2. The zero-order valence-corrected chi connectivity index (χ0v) is 14.6. The fraction of sp³-hybridized carbons (Fsp3) is 0.750. The van der Waals surface area contributed by atoms with E-state index in [1.54, 1.807) is 13.8 Å². The number of ether oxygens (including phenoxy) is 2. The highest BCUT2D eigenvalue weighted by Gasteiger charge is 2.39. The molecule has 4 N–H and O–H groups in total. The average Bonchev–Trinajstić information content (AvgIpc) is 3.15. The molecule has 2 aliphatic heterocycles. The van der Waals surface area contributed by atoms with E-state index in [4.69, 9.17) is 9.47 Å². The van der Waals surface area contributed by atoms with E-state index in [2.05, 4.69) is 0 Å². The van der Waals surface area contributed by atoms with E-state index in [0.717, 1.165) is 4.57 Å². The van der Waals surface area contributed by atoms with Gasteiger partial charge in [0.1, 0.15) is 24.7 Å². The Hall–Kier alpha value is -1.56. The van der Waals surface area contributed by atoms with Gasteiger partial charge < -0.3 is 29.9 Å². The molecule has 0 aliphatic carbocycles. The Morgan fingerprint density at radius 3 is 1.81 bits per heavy atom. The van der Waals surface area contributed by atoms with Crippen molar-refractivity contribution >= 4 is 0 Å². The van der Waals surface area contributed by atoms with Crippen LogP contribution in [0.25, 0.3) is 0 Å². The van der Waals surface area contributed by atoms with Gasteiger partial charge in [0.2, 0.25) is 0 Å². The molecule has 146 valence electrons. The molecule has 0 unspecified atom stereocenters. The molecule has 2 fully saturated rings. The van der Waals surface area contributed by atoms with Crippen molar-refractivity contribution in [3.8, 4) is 0 Å². The van der Waals surface area contributed by atoms with Crippen LogP contribution in [-0.4, -0.2) is 67.2 Å². The fourth-order valence-electron chi connectivity index (χ4n) is 3.53. The molecule has 0 amide bonds. The van der Waals surface area contributed by atoms with Crippen LogP contribution in [0.3, 0.4) is 0 Å². The number of aromatic nitrogens is 2. The Kier molecular flexibility index (Phi) is 5.33. The zero-order valence-electron chi connectivity index (χ0n) is 14.6. The lowest BCUT2D eigenvalue weighted by molar-refractivity contribution is -0.0559. The topological polar surface area (TPSA) is 143 Å². The number of rotatable bonds is 4. The van der Waals surface area contributed by atoms with Crippen LogP contribution in [0.1, 0.15) is 36.6 Å². The molecule has 0 bridgehead atoms. The Bertz CT molecular complexity index is 788. The van der Waals surface area contributed by atoms with Gasteiger partial charge in [-0.25, -0.2) is 9.36 Å². The molecule has 0 radical (unpaired) electrons. The maximum atomic E-state index is 13.0. The quantitative estimate of drug-likeness (QED) is 0.471. The van der Waals surface area contributed by atoms with Gasteiger partial charge in [0.25, 0.3) is 5.56 Å². The molecule has 3 heterocycles. The fourth-order valence-corrected chi connectivity index (χ4v) is 3.53. The highest BCUT2D eigenvalue weighted by Crippen LogP contribution is 2.30. The minimum absolute atomic E-state index is 0.00368. The predicted octanol–water partition coefficient (Wildman–Crippen LogP) is -2.09. The molecule has 2 aliphatic rings. The van der Waals surface area contributed by atoms with Crippen molar-refractivity contribution < 1.29 is 29.9 Å². The second kappa shape index (κ2) is 7.22. The van der Waals surface area contributed by atoms with Crippen molar-refractivity contribution in [3.63, 3.8) is 0 Å². The van der Waals surface area contributed by atoms with Crippen LogP contribution in [0.2, 0.25) is 0 Å². The Morgan fingerprint density at radius 2 is 1.38 bits per heavy atom. The Morgan fingerprint density at radius 1 is 0.923 bits per heavy atom. The summed E-state index contributed by atoms with van der Waals surface area (Å²) in [5.74, 6) is 0. The first-order chi connectivity index (χ1) is 12.3. The minimum Gasteiger partial charge on any atom is -0.394 e. The molecular formula is C16H24N2O8. The van der Waals surface area contributed by atoms with Crippen molar-refractivity contribution in [3.05, 3.63) is 32.1 Å². The van der Waals surface area contributed by atoms with Gasteiger partial charge in [0, 0.05) is 24.1 Å². The summed E-state index contributed by atoms with van der Waals surface area (Å²) < 4.78 is 13.2. The van der Waals surface area contributed by atoms with Gasteiger partial charge in [-0.05, 0) is 13.8 Å². The van der Waals surface area contributed by atoms with Gasteiger partial charge in [0.15, 0.2) is 0 Å². The summed E-state index contributed by atoms with van der Waals surface area (Å²) in [6.45, 7) is 2.35. The largest absolute Gasteiger partial charge is 0.394 e. The Labute approximate surface area is 148 Å². The molecule has 2 saturated heterocycles. The maximum absolute atomic E-state index is 13.0. The van der Waals surface area contributed by atoms with Crippen LogP contribution < -0.4 is 11.2 Å². The van der Waals surface area contributed by atoms with Gasteiger partial charge in [-0.3, -0.25) is 9.36 Å².